The molecule has 0 atom stereocenters. The molecule has 0 radical (unpaired) electrons. The summed E-state index contributed by atoms with van der Waals surface area (Å²) in [7, 11) is 0. The number of fused-ring (bicyclic) bond motifs is 1. The maximum Gasteiger partial charge on any atom is 0.234 e. The summed E-state index contributed by atoms with van der Waals surface area (Å²) in [6, 6.07) is 18.6. The Hall–Kier alpha value is -3.36. The number of thioether (sulfide) groups is 1. The van der Waals surface area contributed by atoms with E-state index in [9.17, 15) is 10.1 Å². The molecule has 1 aliphatic rings. The highest BCUT2D eigenvalue weighted by atomic mass is 32.2. The molecule has 1 amide bonds. The van der Waals surface area contributed by atoms with Crippen LogP contribution in [0.5, 0.6) is 0 Å². The van der Waals surface area contributed by atoms with E-state index in [4.69, 9.17) is 4.98 Å². The smallest absolute Gasteiger partial charge is 0.234 e. The molecule has 0 aliphatic heterocycles. The van der Waals surface area contributed by atoms with Gasteiger partial charge in [-0.3, -0.25) is 4.79 Å². The van der Waals surface area contributed by atoms with Gasteiger partial charge in [0.15, 0.2) is 0 Å². The van der Waals surface area contributed by atoms with Crippen molar-refractivity contribution in [1.29, 1.82) is 5.26 Å². The van der Waals surface area contributed by atoms with Gasteiger partial charge in [0.05, 0.1) is 11.3 Å². The number of carbonyl (C=O) groups excluding carboxylic acids is 1. The van der Waals surface area contributed by atoms with E-state index in [1.807, 2.05) is 48.6 Å². The van der Waals surface area contributed by atoms with E-state index in [0.717, 1.165) is 65.7 Å². The van der Waals surface area contributed by atoms with E-state index in [2.05, 4.69) is 37.4 Å². The summed E-state index contributed by atoms with van der Waals surface area (Å²) in [6.07, 6.45) is 8.69. The van der Waals surface area contributed by atoms with Crippen molar-refractivity contribution in [2.24, 2.45) is 0 Å². The van der Waals surface area contributed by atoms with Crippen LogP contribution in [0.2, 0.25) is 0 Å². The van der Waals surface area contributed by atoms with Gasteiger partial charge in [0.25, 0.3) is 0 Å². The number of hydrogen-bond acceptors (Lipinski definition) is 4. The van der Waals surface area contributed by atoms with Gasteiger partial charge in [-0.1, -0.05) is 86.3 Å². The number of pyridine rings is 1. The van der Waals surface area contributed by atoms with Crippen LogP contribution in [0.15, 0.2) is 53.6 Å². The molecule has 0 spiro atoms. The fraction of sp³-hybridized carbons (Fsp3) is 0.276. The number of carbonyl (C=O) groups is 1. The normalized spacial score (nSPS) is 12.5. The molecule has 0 fully saturated rings. The summed E-state index contributed by atoms with van der Waals surface area (Å²) in [5.41, 5.74) is 8.02. The zero-order valence-electron chi connectivity index (χ0n) is 19.7. The van der Waals surface area contributed by atoms with Gasteiger partial charge in [0.2, 0.25) is 5.91 Å². The van der Waals surface area contributed by atoms with Crippen LogP contribution in [0.1, 0.15) is 59.3 Å². The first-order chi connectivity index (χ1) is 16.6. The van der Waals surface area contributed by atoms with Crippen molar-refractivity contribution in [1.82, 2.24) is 4.98 Å². The minimum atomic E-state index is -0.0758. The number of para-hydroxylation sites is 1. The van der Waals surface area contributed by atoms with E-state index in [1.165, 1.54) is 17.3 Å². The highest BCUT2D eigenvalue weighted by Crippen LogP contribution is 2.34. The summed E-state index contributed by atoms with van der Waals surface area (Å²) < 4.78 is 0. The maximum absolute atomic E-state index is 12.9. The average Bonchev–Trinajstić information content (AvgIpc) is 3.34. The summed E-state index contributed by atoms with van der Waals surface area (Å²) in [5, 5.41) is 13.8. The quantitative estimate of drug-likeness (QED) is 0.386. The van der Waals surface area contributed by atoms with Gasteiger partial charge >= 0.3 is 0 Å². The zero-order valence-corrected chi connectivity index (χ0v) is 20.5. The van der Waals surface area contributed by atoms with E-state index < -0.39 is 0 Å². The van der Waals surface area contributed by atoms with Crippen molar-refractivity contribution in [3.05, 3.63) is 87.6 Å². The van der Waals surface area contributed by atoms with Crippen LogP contribution in [0.25, 0.3) is 12.2 Å². The molecule has 4 rings (SSSR count). The monoisotopic (exact) mass is 467 g/mol. The molecule has 1 aromatic heterocycles. The van der Waals surface area contributed by atoms with Crippen LogP contribution in [-0.4, -0.2) is 16.6 Å². The Morgan fingerprint density at radius 1 is 1.06 bits per heavy atom. The first-order valence-electron chi connectivity index (χ1n) is 11.9. The van der Waals surface area contributed by atoms with Crippen molar-refractivity contribution < 1.29 is 4.79 Å². The predicted molar refractivity (Wildman–Crippen MR) is 141 cm³/mol. The van der Waals surface area contributed by atoms with Gasteiger partial charge in [0, 0.05) is 11.4 Å². The van der Waals surface area contributed by atoms with Crippen molar-refractivity contribution in [3.63, 3.8) is 0 Å². The largest absolute Gasteiger partial charge is 0.325 e. The lowest BCUT2D eigenvalue weighted by Gasteiger charge is -2.15. The molecule has 0 saturated carbocycles. The molecule has 1 aliphatic carbocycles. The second kappa shape index (κ2) is 11.2. The van der Waals surface area contributed by atoms with E-state index in [1.54, 1.807) is 0 Å². The number of hydrogen-bond donors (Lipinski definition) is 1. The third-order valence-electron chi connectivity index (χ3n) is 6.19. The third-order valence-corrected chi connectivity index (χ3v) is 7.17. The summed E-state index contributed by atoms with van der Waals surface area (Å²) in [5.74, 6) is 0.136. The fourth-order valence-electron chi connectivity index (χ4n) is 4.44. The Labute approximate surface area is 206 Å². The second-order valence-corrected chi connectivity index (χ2v) is 9.30. The van der Waals surface area contributed by atoms with Crippen molar-refractivity contribution in [2.45, 2.75) is 51.0 Å². The number of nitriles is 1. The molecular weight excluding hydrogens is 438 g/mol. The molecular formula is C29H29N3OS. The van der Waals surface area contributed by atoms with Crippen LogP contribution < -0.4 is 5.32 Å². The molecule has 0 unspecified atom stereocenters. The maximum atomic E-state index is 12.9. The molecule has 1 N–H and O–H groups in total. The number of nitrogens with zero attached hydrogens (tertiary/aromatic N) is 2. The molecule has 3 aromatic rings. The number of anilines is 1. The lowest BCUT2D eigenvalue weighted by molar-refractivity contribution is -0.113. The Morgan fingerprint density at radius 2 is 1.79 bits per heavy atom. The number of benzene rings is 2. The van der Waals surface area contributed by atoms with E-state index in [0.29, 0.717) is 10.6 Å². The zero-order chi connectivity index (χ0) is 23.9. The third kappa shape index (κ3) is 5.24. The summed E-state index contributed by atoms with van der Waals surface area (Å²) >= 11 is 1.35. The molecule has 0 saturated heterocycles. The minimum Gasteiger partial charge on any atom is -0.325 e. The van der Waals surface area contributed by atoms with Crippen LogP contribution in [-0.2, 0) is 30.5 Å². The fourth-order valence-corrected chi connectivity index (χ4v) is 5.25. The Kier molecular flexibility index (Phi) is 7.82. The standard InChI is InChI=1S/C29H29N3OS/c1-3-21-12-8-13-22(4-2)28(21)32-27(33)19-34-29-25(18-30)23(24-14-9-15-26(24)31-29)17-16-20-10-6-5-7-11-20/h5-8,10-13,16-17H,3-4,9,14-15,19H2,1-2H3,(H,32,33). The van der Waals surface area contributed by atoms with Crippen molar-refractivity contribution >= 4 is 35.5 Å². The average molecular weight is 468 g/mol. The molecule has 172 valence electrons. The van der Waals surface area contributed by atoms with Crippen LogP contribution in [0.4, 0.5) is 5.69 Å². The van der Waals surface area contributed by atoms with Gasteiger partial charge < -0.3 is 5.32 Å². The number of aromatic nitrogens is 1. The van der Waals surface area contributed by atoms with Crippen LogP contribution in [0.3, 0.4) is 0 Å². The van der Waals surface area contributed by atoms with E-state index in [-0.39, 0.29) is 11.7 Å². The highest BCUT2D eigenvalue weighted by Gasteiger charge is 2.22. The van der Waals surface area contributed by atoms with E-state index >= 15 is 0 Å². The summed E-state index contributed by atoms with van der Waals surface area (Å²) in [6.45, 7) is 4.19. The summed E-state index contributed by atoms with van der Waals surface area (Å²) in [4.78, 5) is 17.7. The minimum absolute atomic E-state index is 0.0758. The molecule has 34 heavy (non-hydrogen) atoms. The van der Waals surface area contributed by atoms with Crippen LogP contribution >= 0.6 is 11.8 Å². The SMILES string of the molecule is CCc1cccc(CC)c1NC(=O)CSc1nc2c(c(C=Cc3ccccc3)c1C#N)CCC2. The lowest BCUT2D eigenvalue weighted by atomic mass is 10.0. The first kappa shape index (κ1) is 23.8. The van der Waals surface area contributed by atoms with Crippen molar-refractivity contribution in [3.8, 4) is 6.07 Å². The topological polar surface area (TPSA) is 65.8 Å². The van der Waals surface area contributed by atoms with Gasteiger partial charge in [0.1, 0.15) is 11.1 Å². The van der Waals surface area contributed by atoms with Gasteiger partial charge in [-0.15, -0.1) is 0 Å². The Balaban J connectivity index is 1.58. The van der Waals surface area contributed by atoms with Gasteiger partial charge in [-0.05, 0) is 59.9 Å². The molecule has 1 heterocycles. The van der Waals surface area contributed by atoms with Gasteiger partial charge in [-0.2, -0.15) is 5.26 Å². The number of nitrogens with one attached hydrogen (secondary N) is 1. The number of rotatable bonds is 8. The Bertz CT molecular complexity index is 1240. The Morgan fingerprint density at radius 3 is 2.47 bits per heavy atom. The molecule has 5 heteroatoms. The first-order valence-corrected chi connectivity index (χ1v) is 12.9. The predicted octanol–water partition coefficient (Wildman–Crippen LogP) is 6.47. The lowest BCUT2D eigenvalue weighted by Crippen LogP contribution is -2.17. The molecule has 0 bridgehead atoms. The van der Waals surface area contributed by atoms with Crippen LogP contribution in [0, 0.1) is 11.3 Å². The molecule has 4 nitrogen and oxygen atoms in total. The second-order valence-electron chi connectivity index (χ2n) is 8.34. The van der Waals surface area contributed by atoms with Crippen molar-refractivity contribution in [2.75, 3.05) is 11.1 Å². The molecule has 2 aromatic carbocycles. The highest BCUT2D eigenvalue weighted by molar-refractivity contribution is 8.00. The number of amides is 1. The number of aryl methyl sites for hydroxylation is 3. The van der Waals surface area contributed by atoms with Gasteiger partial charge in [-0.25, -0.2) is 4.98 Å².